The van der Waals surface area contributed by atoms with Gasteiger partial charge in [-0.2, -0.15) is 5.10 Å². The molecule has 2 aromatic rings. The monoisotopic (exact) mass is 349 g/mol. The third-order valence-corrected chi connectivity index (χ3v) is 5.50. The first-order chi connectivity index (χ1) is 11.2. The smallest absolute Gasteiger partial charge is 0.251 e. The number of sulfone groups is 1. The molecule has 0 saturated heterocycles. The van der Waals surface area contributed by atoms with Crippen molar-refractivity contribution < 1.29 is 13.2 Å². The molecular weight excluding hydrogens is 326 g/mol. The summed E-state index contributed by atoms with van der Waals surface area (Å²) in [6.07, 6.45) is 0. The van der Waals surface area contributed by atoms with Crippen molar-refractivity contribution in [3.63, 3.8) is 0 Å². The molecule has 1 aromatic heterocycles. The van der Waals surface area contributed by atoms with Crippen LogP contribution in [0.4, 0.5) is 0 Å². The number of carbonyl (C=O) groups excluding carboxylic acids is 1. The first kappa shape index (κ1) is 18.2. The van der Waals surface area contributed by atoms with Crippen LogP contribution in [0.15, 0.2) is 35.2 Å². The van der Waals surface area contributed by atoms with E-state index in [2.05, 4.69) is 10.4 Å². The standard InChI is InChI=1S/C17H23N3O3S/c1-5-24(22,23)16-8-6-7-15(10-16)17(21)18-13(3)11-20-14(4)9-12(2)19-20/h6-10,13H,5,11H2,1-4H3,(H,18,21). The van der Waals surface area contributed by atoms with Gasteiger partial charge >= 0.3 is 0 Å². The van der Waals surface area contributed by atoms with Crippen LogP contribution in [0.5, 0.6) is 0 Å². The summed E-state index contributed by atoms with van der Waals surface area (Å²) in [6, 6.07) is 7.97. The van der Waals surface area contributed by atoms with E-state index in [9.17, 15) is 13.2 Å². The van der Waals surface area contributed by atoms with Crippen LogP contribution >= 0.6 is 0 Å². The van der Waals surface area contributed by atoms with Gasteiger partial charge in [0.2, 0.25) is 0 Å². The quantitative estimate of drug-likeness (QED) is 0.866. The van der Waals surface area contributed by atoms with Gasteiger partial charge in [0.25, 0.3) is 5.91 Å². The Morgan fingerprint density at radius 1 is 1.29 bits per heavy atom. The van der Waals surface area contributed by atoms with E-state index >= 15 is 0 Å². The normalized spacial score (nSPS) is 12.8. The second-order valence-electron chi connectivity index (χ2n) is 5.91. The van der Waals surface area contributed by atoms with Gasteiger partial charge in [0.05, 0.1) is 22.9 Å². The summed E-state index contributed by atoms with van der Waals surface area (Å²) < 4.78 is 25.7. The maximum Gasteiger partial charge on any atom is 0.251 e. The highest BCUT2D eigenvalue weighted by atomic mass is 32.2. The molecule has 0 bridgehead atoms. The van der Waals surface area contributed by atoms with Crippen molar-refractivity contribution in [3.8, 4) is 0 Å². The molecule has 6 nitrogen and oxygen atoms in total. The lowest BCUT2D eigenvalue weighted by Crippen LogP contribution is -2.36. The number of aromatic nitrogens is 2. The number of aryl methyl sites for hydroxylation is 2. The van der Waals surface area contributed by atoms with Gasteiger partial charge in [-0.15, -0.1) is 0 Å². The zero-order chi connectivity index (χ0) is 17.9. The van der Waals surface area contributed by atoms with Crippen LogP contribution in [0.25, 0.3) is 0 Å². The number of benzene rings is 1. The molecule has 0 aliphatic carbocycles. The van der Waals surface area contributed by atoms with Crippen LogP contribution in [0, 0.1) is 13.8 Å². The summed E-state index contributed by atoms with van der Waals surface area (Å²) in [7, 11) is -3.33. The van der Waals surface area contributed by atoms with E-state index in [1.165, 1.54) is 12.1 Å². The third kappa shape index (κ3) is 4.23. The molecule has 130 valence electrons. The first-order valence-electron chi connectivity index (χ1n) is 7.87. The van der Waals surface area contributed by atoms with E-state index in [4.69, 9.17) is 0 Å². The molecule has 2 rings (SSSR count). The van der Waals surface area contributed by atoms with Gasteiger partial charge in [-0.05, 0) is 45.0 Å². The van der Waals surface area contributed by atoms with E-state index in [1.54, 1.807) is 19.1 Å². The number of carbonyl (C=O) groups is 1. The minimum atomic E-state index is -3.33. The highest BCUT2D eigenvalue weighted by Crippen LogP contribution is 2.13. The number of nitrogens with zero attached hydrogens (tertiary/aromatic N) is 2. The van der Waals surface area contributed by atoms with Crippen LogP contribution in [0.1, 0.15) is 35.6 Å². The fraction of sp³-hybridized carbons (Fsp3) is 0.412. The number of nitrogens with one attached hydrogen (secondary N) is 1. The lowest BCUT2D eigenvalue weighted by molar-refractivity contribution is 0.0935. The Balaban J connectivity index is 2.09. The van der Waals surface area contributed by atoms with Gasteiger partial charge in [-0.3, -0.25) is 9.48 Å². The molecular formula is C17H23N3O3S. The van der Waals surface area contributed by atoms with Crippen molar-refractivity contribution in [3.05, 3.63) is 47.3 Å². The van der Waals surface area contributed by atoms with E-state index in [0.717, 1.165) is 11.4 Å². The molecule has 0 aliphatic heterocycles. The molecule has 0 aliphatic rings. The summed E-state index contributed by atoms with van der Waals surface area (Å²) in [5.41, 5.74) is 2.30. The van der Waals surface area contributed by atoms with Crippen molar-refractivity contribution >= 4 is 15.7 Å². The molecule has 0 saturated carbocycles. The summed E-state index contributed by atoms with van der Waals surface area (Å²) in [5.74, 6) is -0.288. The van der Waals surface area contributed by atoms with Gasteiger partial charge in [0.15, 0.2) is 9.84 Å². The number of hydrogen-bond acceptors (Lipinski definition) is 4. The van der Waals surface area contributed by atoms with Crippen molar-refractivity contribution in [1.82, 2.24) is 15.1 Å². The molecule has 1 atom stereocenters. The van der Waals surface area contributed by atoms with E-state index in [1.807, 2.05) is 31.5 Å². The fourth-order valence-electron chi connectivity index (χ4n) is 2.47. The van der Waals surface area contributed by atoms with Crippen molar-refractivity contribution in [2.45, 2.75) is 45.2 Å². The lowest BCUT2D eigenvalue weighted by atomic mass is 10.2. The Labute approximate surface area is 142 Å². The van der Waals surface area contributed by atoms with Gasteiger partial charge < -0.3 is 5.32 Å². The second kappa shape index (κ2) is 7.17. The first-order valence-corrected chi connectivity index (χ1v) is 9.53. The van der Waals surface area contributed by atoms with Crippen LogP contribution in [-0.2, 0) is 16.4 Å². The topological polar surface area (TPSA) is 81.1 Å². The SMILES string of the molecule is CCS(=O)(=O)c1cccc(C(=O)NC(C)Cn2nc(C)cc2C)c1. The number of amides is 1. The van der Waals surface area contributed by atoms with Crippen molar-refractivity contribution in [2.24, 2.45) is 0 Å². The van der Waals surface area contributed by atoms with E-state index in [0.29, 0.717) is 12.1 Å². The van der Waals surface area contributed by atoms with Crippen LogP contribution in [-0.4, -0.2) is 35.9 Å². The predicted octanol–water partition coefficient (Wildman–Crippen LogP) is 2.11. The van der Waals surface area contributed by atoms with Gasteiger partial charge in [-0.1, -0.05) is 13.0 Å². The zero-order valence-electron chi connectivity index (χ0n) is 14.4. The van der Waals surface area contributed by atoms with E-state index < -0.39 is 9.84 Å². The van der Waals surface area contributed by atoms with Crippen LogP contribution < -0.4 is 5.32 Å². The summed E-state index contributed by atoms with van der Waals surface area (Å²) in [5, 5.41) is 7.26. The molecule has 0 radical (unpaired) electrons. The minimum absolute atomic E-state index is 0.00635. The molecule has 24 heavy (non-hydrogen) atoms. The van der Waals surface area contributed by atoms with Crippen molar-refractivity contribution in [1.29, 1.82) is 0 Å². The Kier molecular flexibility index (Phi) is 5.43. The van der Waals surface area contributed by atoms with Gasteiger partial charge in [0.1, 0.15) is 0 Å². The molecule has 1 heterocycles. The third-order valence-electron chi connectivity index (χ3n) is 3.76. The molecule has 1 N–H and O–H groups in total. The Morgan fingerprint density at radius 3 is 2.58 bits per heavy atom. The summed E-state index contributed by atoms with van der Waals surface area (Å²) >= 11 is 0. The second-order valence-corrected chi connectivity index (χ2v) is 8.19. The molecule has 1 unspecified atom stereocenters. The average molecular weight is 349 g/mol. The average Bonchev–Trinajstić information content (AvgIpc) is 2.84. The maximum absolute atomic E-state index is 12.4. The van der Waals surface area contributed by atoms with E-state index in [-0.39, 0.29) is 22.6 Å². The maximum atomic E-state index is 12.4. The molecule has 1 aromatic carbocycles. The number of rotatable bonds is 6. The zero-order valence-corrected chi connectivity index (χ0v) is 15.2. The molecule has 0 fully saturated rings. The fourth-order valence-corrected chi connectivity index (χ4v) is 3.40. The minimum Gasteiger partial charge on any atom is -0.348 e. The number of hydrogen-bond donors (Lipinski definition) is 1. The van der Waals surface area contributed by atoms with Crippen molar-refractivity contribution in [2.75, 3.05) is 5.75 Å². The van der Waals surface area contributed by atoms with Crippen LogP contribution in [0.2, 0.25) is 0 Å². The molecule has 7 heteroatoms. The lowest BCUT2D eigenvalue weighted by Gasteiger charge is -2.15. The highest BCUT2D eigenvalue weighted by Gasteiger charge is 2.16. The molecule has 0 spiro atoms. The van der Waals surface area contributed by atoms with Crippen LogP contribution in [0.3, 0.4) is 0 Å². The Hall–Kier alpha value is -2.15. The predicted molar refractivity (Wildman–Crippen MR) is 92.8 cm³/mol. The highest BCUT2D eigenvalue weighted by molar-refractivity contribution is 7.91. The Morgan fingerprint density at radius 2 is 2.00 bits per heavy atom. The largest absolute Gasteiger partial charge is 0.348 e. The Bertz CT molecular complexity index is 841. The van der Waals surface area contributed by atoms with Gasteiger partial charge in [0, 0.05) is 17.3 Å². The molecule has 1 amide bonds. The van der Waals surface area contributed by atoms with Gasteiger partial charge in [-0.25, -0.2) is 8.42 Å². The summed E-state index contributed by atoms with van der Waals surface area (Å²) in [6.45, 7) is 7.91. The summed E-state index contributed by atoms with van der Waals surface area (Å²) in [4.78, 5) is 12.5.